The van der Waals surface area contributed by atoms with E-state index in [0.29, 0.717) is 0 Å². The summed E-state index contributed by atoms with van der Waals surface area (Å²) in [5, 5.41) is 3.42. The van der Waals surface area contributed by atoms with Crippen LogP contribution in [0.4, 0.5) is 0 Å². The Bertz CT molecular complexity index is 2230. The fraction of sp³-hybridized carbons (Fsp3) is 0.143. The van der Waals surface area contributed by atoms with Crippen molar-refractivity contribution >= 4 is 38.7 Å². The van der Waals surface area contributed by atoms with Gasteiger partial charge in [0.15, 0.2) is 0 Å². The fourth-order valence-corrected chi connectivity index (χ4v) is 7.97. The van der Waals surface area contributed by atoms with Crippen molar-refractivity contribution in [2.75, 3.05) is 5.75 Å². The number of hydrogen-bond donors (Lipinski definition) is 0. The molecular weight excluding hydrogens is 595 g/mol. The second-order valence-electron chi connectivity index (χ2n) is 12.5. The first kappa shape index (κ1) is 29.3. The Hall–Kier alpha value is -5.13. The topological polar surface area (TPSA) is 39.4 Å². The van der Waals surface area contributed by atoms with Crippen LogP contribution in [0.3, 0.4) is 0 Å². The SMILES string of the molecule is Cc1cc(Oc2cc(C)cc(-n3c4ccc(C)cc4c4cccnc43)c2)cc(C2=N[C@H](C(c3ccccc3)c3ccccc3)CS2)c1. The standard InChI is InChI=1S/C42H35N3OS/c1-27-16-17-39-37(23-27)36-15-10-18-43-41(36)45(39)33-20-29(3)22-35(25-33)46-34-21-28(2)19-32(24-34)42-44-38(26-47-42)40(30-11-6-4-7-12-30)31-13-8-5-9-14-31/h4-25,38,40H,26H2,1-3H3/t38-/m0/s1. The third kappa shape index (κ3) is 5.72. The number of benzene rings is 5. The van der Waals surface area contributed by atoms with E-state index in [4.69, 9.17) is 14.7 Å². The molecular formula is C42H35N3OS. The molecule has 230 valence electrons. The van der Waals surface area contributed by atoms with Crippen molar-refractivity contribution in [1.29, 1.82) is 0 Å². The summed E-state index contributed by atoms with van der Waals surface area (Å²) in [5.41, 5.74) is 10.3. The molecule has 0 aliphatic carbocycles. The van der Waals surface area contributed by atoms with Crippen LogP contribution in [0.5, 0.6) is 11.5 Å². The summed E-state index contributed by atoms with van der Waals surface area (Å²) in [4.78, 5) is 10.1. The quantitative estimate of drug-likeness (QED) is 0.176. The first-order valence-corrected chi connectivity index (χ1v) is 17.1. The van der Waals surface area contributed by atoms with E-state index in [1.807, 2.05) is 24.0 Å². The molecule has 0 saturated carbocycles. The third-order valence-corrected chi connectivity index (χ3v) is 10.0. The van der Waals surface area contributed by atoms with Crippen molar-refractivity contribution in [3.63, 3.8) is 0 Å². The number of nitrogens with zero attached hydrogens (tertiary/aromatic N) is 3. The van der Waals surface area contributed by atoms with Crippen LogP contribution in [-0.2, 0) is 0 Å². The highest BCUT2D eigenvalue weighted by atomic mass is 32.2. The molecule has 1 aliphatic rings. The molecule has 8 rings (SSSR count). The van der Waals surface area contributed by atoms with E-state index in [1.54, 1.807) is 0 Å². The Morgan fingerprint density at radius 2 is 1.38 bits per heavy atom. The van der Waals surface area contributed by atoms with Gasteiger partial charge in [-0.2, -0.15) is 0 Å². The number of aliphatic imine (C=N–C) groups is 1. The largest absolute Gasteiger partial charge is 0.457 e. The summed E-state index contributed by atoms with van der Waals surface area (Å²) in [7, 11) is 0. The van der Waals surface area contributed by atoms with Crippen LogP contribution in [0.15, 0.2) is 139 Å². The smallest absolute Gasteiger partial charge is 0.145 e. The average Bonchev–Trinajstić information content (AvgIpc) is 3.69. The van der Waals surface area contributed by atoms with E-state index in [2.05, 4.69) is 147 Å². The van der Waals surface area contributed by atoms with Gasteiger partial charge in [0.1, 0.15) is 17.1 Å². The zero-order chi connectivity index (χ0) is 31.9. The normalized spacial score (nSPS) is 14.6. The summed E-state index contributed by atoms with van der Waals surface area (Å²) < 4.78 is 8.88. The minimum atomic E-state index is 0.146. The highest BCUT2D eigenvalue weighted by Crippen LogP contribution is 2.38. The number of rotatable bonds is 7. The Morgan fingerprint density at radius 3 is 2.13 bits per heavy atom. The molecule has 5 heteroatoms. The maximum atomic E-state index is 6.64. The van der Waals surface area contributed by atoms with Gasteiger partial charge in [-0.15, -0.1) is 11.8 Å². The van der Waals surface area contributed by atoms with Gasteiger partial charge in [-0.25, -0.2) is 4.98 Å². The van der Waals surface area contributed by atoms with E-state index in [9.17, 15) is 0 Å². The Morgan fingerprint density at radius 1 is 0.681 bits per heavy atom. The van der Waals surface area contributed by atoms with Crippen molar-refractivity contribution in [2.24, 2.45) is 4.99 Å². The summed E-state index contributed by atoms with van der Waals surface area (Å²) in [6.45, 7) is 6.37. The fourth-order valence-electron chi connectivity index (χ4n) is 6.88. The highest BCUT2D eigenvalue weighted by Gasteiger charge is 2.30. The molecule has 0 N–H and O–H groups in total. The predicted octanol–water partition coefficient (Wildman–Crippen LogP) is 10.6. The van der Waals surface area contributed by atoms with Crippen LogP contribution in [-0.4, -0.2) is 26.4 Å². The van der Waals surface area contributed by atoms with Crippen LogP contribution >= 0.6 is 11.8 Å². The van der Waals surface area contributed by atoms with Crippen molar-refractivity contribution < 1.29 is 4.74 Å². The molecule has 0 fully saturated rings. The van der Waals surface area contributed by atoms with E-state index in [-0.39, 0.29) is 12.0 Å². The van der Waals surface area contributed by atoms with Gasteiger partial charge < -0.3 is 4.74 Å². The molecule has 5 aromatic carbocycles. The second-order valence-corrected chi connectivity index (χ2v) is 13.5. The number of fused-ring (bicyclic) bond motifs is 3. The Labute approximate surface area is 279 Å². The number of thioether (sulfide) groups is 1. The maximum Gasteiger partial charge on any atom is 0.145 e. The van der Waals surface area contributed by atoms with Gasteiger partial charge in [-0.05, 0) is 97.6 Å². The number of aryl methyl sites for hydroxylation is 3. The second kappa shape index (κ2) is 12.2. The monoisotopic (exact) mass is 629 g/mol. The van der Waals surface area contributed by atoms with Gasteiger partial charge in [0.2, 0.25) is 0 Å². The van der Waals surface area contributed by atoms with Crippen LogP contribution in [0.2, 0.25) is 0 Å². The minimum Gasteiger partial charge on any atom is -0.457 e. The summed E-state index contributed by atoms with van der Waals surface area (Å²) in [6, 6.07) is 45.3. The van der Waals surface area contributed by atoms with Crippen LogP contribution in [0.25, 0.3) is 27.6 Å². The zero-order valence-electron chi connectivity index (χ0n) is 26.7. The van der Waals surface area contributed by atoms with Gasteiger partial charge in [0.25, 0.3) is 0 Å². The van der Waals surface area contributed by atoms with E-state index < -0.39 is 0 Å². The van der Waals surface area contributed by atoms with E-state index >= 15 is 0 Å². The Kier molecular flexibility index (Phi) is 7.62. The van der Waals surface area contributed by atoms with Crippen LogP contribution in [0, 0.1) is 20.8 Å². The number of hydrogen-bond acceptors (Lipinski definition) is 4. The summed E-state index contributed by atoms with van der Waals surface area (Å²) in [5.74, 6) is 2.73. The van der Waals surface area contributed by atoms with Crippen LogP contribution in [0.1, 0.15) is 39.3 Å². The van der Waals surface area contributed by atoms with Crippen LogP contribution < -0.4 is 4.74 Å². The minimum absolute atomic E-state index is 0.146. The van der Waals surface area contributed by atoms with Crippen molar-refractivity contribution in [3.8, 4) is 17.2 Å². The molecule has 3 heterocycles. The summed E-state index contributed by atoms with van der Waals surface area (Å²) in [6.07, 6.45) is 1.86. The molecule has 7 aromatic rings. The van der Waals surface area contributed by atoms with Gasteiger partial charge in [-0.1, -0.05) is 72.3 Å². The zero-order valence-corrected chi connectivity index (χ0v) is 27.5. The van der Waals surface area contributed by atoms with Gasteiger partial charge in [0, 0.05) is 40.3 Å². The van der Waals surface area contributed by atoms with Crippen molar-refractivity contribution in [3.05, 3.63) is 167 Å². The number of ether oxygens (including phenoxy) is 1. The molecule has 47 heavy (non-hydrogen) atoms. The average molecular weight is 630 g/mol. The summed E-state index contributed by atoms with van der Waals surface area (Å²) >= 11 is 1.84. The molecule has 0 radical (unpaired) electrons. The number of pyridine rings is 1. The first-order chi connectivity index (χ1) is 23.0. The first-order valence-electron chi connectivity index (χ1n) is 16.1. The molecule has 0 bridgehead atoms. The number of aromatic nitrogens is 2. The highest BCUT2D eigenvalue weighted by molar-refractivity contribution is 8.14. The molecule has 2 aromatic heterocycles. The lowest BCUT2D eigenvalue weighted by Crippen LogP contribution is -2.18. The molecule has 0 amide bonds. The molecule has 1 aliphatic heterocycles. The Balaban J connectivity index is 1.13. The lowest BCUT2D eigenvalue weighted by molar-refractivity contribution is 0.481. The lowest BCUT2D eigenvalue weighted by atomic mass is 9.86. The van der Waals surface area contributed by atoms with Gasteiger partial charge >= 0.3 is 0 Å². The van der Waals surface area contributed by atoms with E-state index in [0.717, 1.165) is 61.2 Å². The van der Waals surface area contributed by atoms with Gasteiger partial charge in [0.05, 0.1) is 22.3 Å². The van der Waals surface area contributed by atoms with Crippen molar-refractivity contribution in [2.45, 2.75) is 32.7 Å². The van der Waals surface area contributed by atoms with Gasteiger partial charge in [-0.3, -0.25) is 9.56 Å². The van der Waals surface area contributed by atoms with E-state index in [1.165, 1.54) is 22.1 Å². The van der Waals surface area contributed by atoms with Crippen molar-refractivity contribution in [1.82, 2.24) is 9.55 Å². The molecule has 1 atom stereocenters. The molecule has 0 saturated heterocycles. The lowest BCUT2D eigenvalue weighted by Gasteiger charge is -2.22. The molecule has 0 spiro atoms. The maximum absolute atomic E-state index is 6.64. The molecule has 0 unspecified atom stereocenters. The predicted molar refractivity (Wildman–Crippen MR) is 197 cm³/mol. The third-order valence-electron chi connectivity index (χ3n) is 8.88. The molecule has 4 nitrogen and oxygen atoms in total.